The first-order chi connectivity index (χ1) is 18.1. The summed E-state index contributed by atoms with van der Waals surface area (Å²) >= 11 is 0. The number of rotatable bonds is 9. The molecule has 4 aromatic rings. The Hall–Kier alpha value is -4.91. The smallest absolute Gasteiger partial charge is 0.317 e. The van der Waals surface area contributed by atoms with Crippen LogP contribution < -0.4 is 16.0 Å². The Kier molecular flexibility index (Phi) is 6.94. The average Bonchev–Trinajstić information content (AvgIpc) is 3.54. The zero-order valence-corrected chi connectivity index (χ0v) is 20.1. The molecule has 1 aliphatic heterocycles. The van der Waals surface area contributed by atoms with E-state index >= 15 is 0 Å². The van der Waals surface area contributed by atoms with Gasteiger partial charge in [-0.2, -0.15) is 5.26 Å². The average molecular weight is 495 g/mol. The van der Waals surface area contributed by atoms with Gasteiger partial charge in [0.15, 0.2) is 0 Å². The number of nitriles is 1. The van der Waals surface area contributed by atoms with Crippen molar-refractivity contribution in [1.29, 1.82) is 5.26 Å². The van der Waals surface area contributed by atoms with Crippen LogP contribution in [0.5, 0.6) is 0 Å². The Morgan fingerprint density at radius 3 is 2.78 bits per heavy atom. The molecular weight excluding hydrogens is 468 g/mol. The van der Waals surface area contributed by atoms with E-state index in [1.54, 1.807) is 29.4 Å². The number of anilines is 1. The molecule has 10 heteroatoms. The summed E-state index contributed by atoms with van der Waals surface area (Å²) in [6, 6.07) is 17.2. The van der Waals surface area contributed by atoms with Crippen LogP contribution >= 0.6 is 0 Å². The standard InChI is InChI=1S/C27H26N8O2/c28-16-21-17-33-24-6-1-18(15-22(21)24)7-9-29-25(36)20-4-2-19(3-5-20)23-8-10-30-26(34-23)31-11-13-35-14-12-32-27(35)37/h1-6,8,10,15,17,33H,7,9,11-14H2,(H,29,36)(H,32,37)(H,30,31,34). The van der Waals surface area contributed by atoms with Crippen molar-refractivity contribution in [3.63, 3.8) is 0 Å². The molecule has 5 rings (SSSR count). The fraction of sp³-hybridized carbons (Fsp3) is 0.222. The molecule has 0 atom stereocenters. The number of aromatic nitrogens is 3. The molecule has 0 radical (unpaired) electrons. The minimum Gasteiger partial charge on any atom is -0.360 e. The summed E-state index contributed by atoms with van der Waals surface area (Å²) < 4.78 is 0. The number of nitrogens with one attached hydrogen (secondary N) is 4. The topological polar surface area (TPSA) is 139 Å². The molecule has 0 bridgehead atoms. The SMILES string of the molecule is N#Cc1c[nH]c2ccc(CCNC(=O)c3ccc(-c4ccnc(NCCN5CCNC5=O)n4)cc3)cc12. The molecular formula is C27H26N8O2. The number of amides is 3. The Labute approximate surface area is 213 Å². The summed E-state index contributed by atoms with van der Waals surface area (Å²) in [4.78, 5) is 37.9. The largest absolute Gasteiger partial charge is 0.360 e. The third kappa shape index (κ3) is 5.51. The van der Waals surface area contributed by atoms with Crippen LogP contribution in [-0.2, 0) is 6.42 Å². The number of nitrogens with zero attached hydrogens (tertiary/aromatic N) is 4. The van der Waals surface area contributed by atoms with Crippen molar-refractivity contribution in [3.05, 3.63) is 77.6 Å². The predicted octanol–water partition coefficient (Wildman–Crippen LogP) is 2.91. The molecule has 4 N–H and O–H groups in total. The van der Waals surface area contributed by atoms with Gasteiger partial charge in [0, 0.05) is 67.1 Å². The van der Waals surface area contributed by atoms with Gasteiger partial charge < -0.3 is 25.8 Å². The predicted molar refractivity (Wildman–Crippen MR) is 140 cm³/mol. The first kappa shape index (κ1) is 23.8. The van der Waals surface area contributed by atoms with Gasteiger partial charge in [0.1, 0.15) is 6.07 Å². The number of H-pyrrole nitrogens is 1. The summed E-state index contributed by atoms with van der Waals surface area (Å²) in [6.07, 6.45) is 4.04. The number of carbonyl (C=O) groups excluding carboxylic acids is 2. The van der Waals surface area contributed by atoms with Crippen LogP contribution in [0.1, 0.15) is 21.5 Å². The van der Waals surface area contributed by atoms with E-state index in [0.717, 1.165) is 27.7 Å². The van der Waals surface area contributed by atoms with Crippen LogP contribution in [0.4, 0.5) is 10.7 Å². The molecule has 2 aromatic heterocycles. The van der Waals surface area contributed by atoms with Crippen molar-refractivity contribution in [2.45, 2.75) is 6.42 Å². The molecule has 2 aromatic carbocycles. The van der Waals surface area contributed by atoms with E-state index in [2.05, 4.69) is 37.0 Å². The number of carbonyl (C=O) groups is 2. The minimum atomic E-state index is -0.150. The van der Waals surface area contributed by atoms with Crippen molar-refractivity contribution < 1.29 is 9.59 Å². The van der Waals surface area contributed by atoms with Gasteiger partial charge >= 0.3 is 6.03 Å². The van der Waals surface area contributed by atoms with Crippen molar-refractivity contribution in [3.8, 4) is 17.3 Å². The number of urea groups is 1. The van der Waals surface area contributed by atoms with Crippen molar-refractivity contribution in [2.75, 3.05) is 38.0 Å². The van der Waals surface area contributed by atoms with E-state index in [0.29, 0.717) is 56.2 Å². The molecule has 37 heavy (non-hydrogen) atoms. The van der Waals surface area contributed by atoms with Gasteiger partial charge in [0.25, 0.3) is 5.91 Å². The summed E-state index contributed by atoms with van der Waals surface area (Å²) in [6.45, 7) is 2.99. The molecule has 1 saturated heterocycles. The quantitative estimate of drug-likeness (QED) is 0.282. The molecule has 186 valence electrons. The number of hydrogen-bond acceptors (Lipinski definition) is 6. The highest BCUT2D eigenvalue weighted by molar-refractivity contribution is 5.94. The van der Waals surface area contributed by atoms with Gasteiger partial charge in [-0.1, -0.05) is 18.2 Å². The number of fused-ring (bicyclic) bond motifs is 1. The van der Waals surface area contributed by atoms with Gasteiger partial charge in [-0.3, -0.25) is 4.79 Å². The number of aromatic amines is 1. The highest BCUT2D eigenvalue weighted by Gasteiger charge is 2.18. The third-order valence-electron chi connectivity index (χ3n) is 6.27. The van der Waals surface area contributed by atoms with E-state index in [4.69, 9.17) is 0 Å². The number of benzene rings is 2. The van der Waals surface area contributed by atoms with E-state index in [-0.39, 0.29) is 11.9 Å². The lowest BCUT2D eigenvalue weighted by Crippen LogP contribution is -2.32. The Morgan fingerprint density at radius 2 is 2.00 bits per heavy atom. The number of hydrogen-bond donors (Lipinski definition) is 4. The van der Waals surface area contributed by atoms with E-state index in [9.17, 15) is 14.9 Å². The molecule has 3 heterocycles. The summed E-state index contributed by atoms with van der Waals surface area (Å²) in [5.41, 5.74) is 4.76. The van der Waals surface area contributed by atoms with Gasteiger partial charge in [-0.15, -0.1) is 0 Å². The van der Waals surface area contributed by atoms with Crippen molar-refractivity contribution in [2.24, 2.45) is 0 Å². The van der Waals surface area contributed by atoms with E-state index in [1.165, 1.54) is 0 Å². The van der Waals surface area contributed by atoms with Crippen molar-refractivity contribution >= 4 is 28.8 Å². The third-order valence-corrected chi connectivity index (χ3v) is 6.27. The first-order valence-corrected chi connectivity index (χ1v) is 12.1. The van der Waals surface area contributed by atoms with Crippen molar-refractivity contribution in [1.82, 2.24) is 30.5 Å². The van der Waals surface area contributed by atoms with Crippen LogP contribution in [0.25, 0.3) is 22.2 Å². The lowest BCUT2D eigenvalue weighted by Gasteiger charge is -2.14. The normalized spacial score (nSPS) is 12.8. The summed E-state index contributed by atoms with van der Waals surface area (Å²) in [7, 11) is 0. The van der Waals surface area contributed by atoms with Crippen LogP contribution in [0.3, 0.4) is 0 Å². The van der Waals surface area contributed by atoms with Gasteiger partial charge in [-0.25, -0.2) is 14.8 Å². The van der Waals surface area contributed by atoms with Crippen LogP contribution in [0, 0.1) is 11.3 Å². The zero-order chi connectivity index (χ0) is 25.6. The molecule has 3 amide bonds. The monoisotopic (exact) mass is 494 g/mol. The first-order valence-electron chi connectivity index (χ1n) is 12.1. The molecule has 10 nitrogen and oxygen atoms in total. The van der Waals surface area contributed by atoms with Crippen LogP contribution in [-0.4, -0.2) is 64.5 Å². The lowest BCUT2D eigenvalue weighted by molar-refractivity contribution is 0.0954. The molecule has 0 unspecified atom stereocenters. The maximum Gasteiger partial charge on any atom is 0.317 e. The maximum atomic E-state index is 12.6. The minimum absolute atomic E-state index is 0.0482. The second-order valence-electron chi connectivity index (χ2n) is 8.69. The molecule has 0 saturated carbocycles. The Balaban J connectivity index is 1.14. The van der Waals surface area contributed by atoms with E-state index in [1.807, 2.05) is 36.4 Å². The Morgan fingerprint density at radius 1 is 1.14 bits per heavy atom. The van der Waals surface area contributed by atoms with Gasteiger partial charge in [0.05, 0.1) is 11.3 Å². The molecule has 1 fully saturated rings. The second kappa shape index (κ2) is 10.8. The van der Waals surface area contributed by atoms with Crippen LogP contribution in [0.2, 0.25) is 0 Å². The summed E-state index contributed by atoms with van der Waals surface area (Å²) in [5.74, 6) is 0.335. The molecule has 0 spiro atoms. The fourth-order valence-corrected chi connectivity index (χ4v) is 4.26. The summed E-state index contributed by atoms with van der Waals surface area (Å²) in [5, 5.41) is 19.0. The second-order valence-corrected chi connectivity index (χ2v) is 8.69. The maximum absolute atomic E-state index is 12.6. The highest BCUT2D eigenvalue weighted by atomic mass is 16.2. The fourth-order valence-electron chi connectivity index (χ4n) is 4.26. The lowest BCUT2D eigenvalue weighted by atomic mass is 10.1. The molecule has 1 aliphatic rings. The van der Waals surface area contributed by atoms with E-state index < -0.39 is 0 Å². The highest BCUT2D eigenvalue weighted by Crippen LogP contribution is 2.20. The van der Waals surface area contributed by atoms with Crippen LogP contribution in [0.15, 0.2) is 60.9 Å². The Bertz CT molecular complexity index is 1470. The van der Waals surface area contributed by atoms with Gasteiger partial charge in [-0.05, 0) is 42.3 Å². The zero-order valence-electron chi connectivity index (χ0n) is 20.1. The molecule has 0 aliphatic carbocycles. The van der Waals surface area contributed by atoms with Gasteiger partial charge in [0.2, 0.25) is 5.95 Å².